The van der Waals surface area contributed by atoms with Crippen molar-refractivity contribution >= 4 is 17.5 Å². The lowest BCUT2D eigenvalue weighted by molar-refractivity contribution is -0.718. The van der Waals surface area contributed by atoms with Crippen LogP contribution in [0.2, 0.25) is 0 Å². The fourth-order valence-electron chi connectivity index (χ4n) is 3.19. The predicted octanol–water partition coefficient (Wildman–Crippen LogP) is 3.20. The first-order valence-electron chi connectivity index (χ1n) is 9.84. The summed E-state index contributed by atoms with van der Waals surface area (Å²) in [5.74, 6) is 0.329. The molecule has 0 bridgehead atoms. The first-order chi connectivity index (χ1) is 13.2. The van der Waals surface area contributed by atoms with E-state index >= 15 is 0 Å². The fourth-order valence-corrected chi connectivity index (χ4v) is 3.19. The molecule has 28 heavy (non-hydrogen) atoms. The molecule has 2 amide bonds. The zero-order chi connectivity index (χ0) is 20.8. The molecule has 0 saturated heterocycles. The van der Waals surface area contributed by atoms with Gasteiger partial charge in [-0.15, -0.1) is 0 Å². The molecule has 2 aromatic carbocycles. The monoisotopic (exact) mass is 382 g/mol. The molecule has 0 aliphatic rings. The quantitative estimate of drug-likeness (QED) is 0.654. The number of carbonyl (C=O) groups is 2. The van der Waals surface area contributed by atoms with Gasteiger partial charge in [0.1, 0.15) is 6.04 Å². The highest BCUT2D eigenvalue weighted by atomic mass is 16.2. The molecule has 150 valence electrons. The van der Waals surface area contributed by atoms with Gasteiger partial charge >= 0.3 is 0 Å². The third kappa shape index (κ3) is 5.67. The van der Waals surface area contributed by atoms with Gasteiger partial charge in [-0.25, -0.2) is 0 Å². The molecule has 0 aromatic heterocycles. The number of hydrogen-bond acceptors (Lipinski definition) is 2. The summed E-state index contributed by atoms with van der Waals surface area (Å²) in [5, 5.41) is 5.02. The van der Waals surface area contributed by atoms with Crippen molar-refractivity contribution in [3.05, 3.63) is 65.2 Å². The summed E-state index contributed by atoms with van der Waals surface area (Å²) in [7, 11) is 0. The van der Waals surface area contributed by atoms with Gasteiger partial charge in [-0.2, -0.15) is 0 Å². The van der Waals surface area contributed by atoms with Gasteiger partial charge in [0.15, 0.2) is 6.04 Å². The molecule has 2 aromatic rings. The van der Waals surface area contributed by atoms with Crippen LogP contribution in [0.5, 0.6) is 0 Å². The molecule has 2 rings (SSSR count). The standard InChI is InChI=1S/C23H31N3O2/c1-14(2)17-6-8-18(9-7-17)21(15(3)4)25-16(5)23(28)26-20-12-10-19(11-13-20)22(24)27/h6-16,21,25H,1-5H3,(H2,24,27)(H,26,28)/p+1/t16-,21+/m0/s1. The van der Waals surface area contributed by atoms with Crippen LogP contribution in [0.15, 0.2) is 48.5 Å². The van der Waals surface area contributed by atoms with E-state index in [2.05, 4.69) is 62.6 Å². The van der Waals surface area contributed by atoms with Crippen molar-refractivity contribution in [2.75, 3.05) is 5.32 Å². The van der Waals surface area contributed by atoms with E-state index in [1.165, 1.54) is 11.1 Å². The maximum Gasteiger partial charge on any atom is 0.282 e. The third-order valence-electron chi connectivity index (χ3n) is 5.05. The first kappa shape index (κ1) is 21.6. The van der Waals surface area contributed by atoms with Gasteiger partial charge in [-0.05, 0) is 42.7 Å². The van der Waals surface area contributed by atoms with Crippen molar-refractivity contribution in [1.82, 2.24) is 0 Å². The molecular weight excluding hydrogens is 350 g/mol. The summed E-state index contributed by atoms with van der Waals surface area (Å²) < 4.78 is 0. The largest absolute Gasteiger partial charge is 0.366 e. The number of primary amides is 1. The van der Waals surface area contributed by atoms with Gasteiger partial charge in [-0.3, -0.25) is 9.59 Å². The second-order valence-electron chi connectivity index (χ2n) is 8.00. The Hall–Kier alpha value is -2.66. The molecule has 0 aliphatic carbocycles. The van der Waals surface area contributed by atoms with Crippen LogP contribution in [0.25, 0.3) is 0 Å². The van der Waals surface area contributed by atoms with Crippen molar-refractivity contribution in [3.8, 4) is 0 Å². The maximum atomic E-state index is 12.6. The number of benzene rings is 2. The first-order valence-corrected chi connectivity index (χ1v) is 9.84. The van der Waals surface area contributed by atoms with Crippen molar-refractivity contribution in [3.63, 3.8) is 0 Å². The number of nitrogens with one attached hydrogen (secondary N) is 1. The lowest BCUT2D eigenvalue weighted by Crippen LogP contribution is -2.93. The Morgan fingerprint density at radius 2 is 1.39 bits per heavy atom. The van der Waals surface area contributed by atoms with E-state index in [9.17, 15) is 9.59 Å². The maximum absolute atomic E-state index is 12.6. The zero-order valence-corrected chi connectivity index (χ0v) is 17.4. The van der Waals surface area contributed by atoms with Crippen LogP contribution in [0, 0.1) is 5.92 Å². The molecule has 0 unspecified atom stereocenters. The highest BCUT2D eigenvalue weighted by Crippen LogP contribution is 2.21. The van der Waals surface area contributed by atoms with Crippen LogP contribution in [0.3, 0.4) is 0 Å². The van der Waals surface area contributed by atoms with Crippen LogP contribution in [0.1, 0.15) is 68.1 Å². The van der Waals surface area contributed by atoms with Gasteiger partial charge in [-0.1, -0.05) is 52.0 Å². The van der Waals surface area contributed by atoms with Crippen LogP contribution in [-0.4, -0.2) is 17.9 Å². The van der Waals surface area contributed by atoms with Gasteiger partial charge in [0, 0.05) is 22.7 Å². The topological polar surface area (TPSA) is 88.8 Å². The normalized spacial score (nSPS) is 13.4. The van der Waals surface area contributed by atoms with Gasteiger partial charge < -0.3 is 16.4 Å². The molecule has 5 N–H and O–H groups in total. The number of hydrogen-bond donors (Lipinski definition) is 3. The molecule has 0 saturated carbocycles. The molecule has 0 aliphatic heterocycles. The Bertz CT molecular complexity index is 796. The summed E-state index contributed by atoms with van der Waals surface area (Å²) in [4.78, 5) is 23.8. The summed E-state index contributed by atoms with van der Waals surface area (Å²) in [6.07, 6.45) is 0. The minimum atomic E-state index is -0.483. The van der Waals surface area contributed by atoms with Crippen molar-refractivity contribution in [2.24, 2.45) is 11.7 Å². The zero-order valence-electron chi connectivity index (χ0n) is 17.4. The molecule has 0 heterocycles. The van der Waals surface area contributed by atoms with E-state index in [4.69, 9.17) is 5.73 Å². The number of rotatable bonds is 8. The lowest BCUT2D eigenvalue weighted by Gasteiger charge is -2.23. The summed E-state index contributed by atoms with van der Waals surface area (Å²) in [6.45, 7) is 10.6. The summed E-state index contributed by atoms with van der Waals surface area (Å²) >= 11 is 0. The smallest absolute Gasteiger partial charge is 0.282 e. The van der Waals surface area contributed by atoms with Gasteiger partial charge in [0.25, 0.3) is 5.91 Å². The Labute approximate surface area is 167 Å². The predicted molar refractivity (Wildman–Crippen MR) is 113 cm³/mol. The Morgan fingerprint density at radius 3 is 1.86 bits per heavy atom. The molecule has 5 nitrogen and oxygen atoms in total. The van der Waals surface area contributed by atoms with Crippen LogP contribution >= 0.6 is 0 Å². The number of quaternary nitrogens is 1. The van der Waals surface area contributed by atoms with Crippen molar-refractivity contribution in [2.45, 2.75) is 52.6 Å². The number of carbonyl (C=O) groups excluding carboxylic acids is 2. The fraction of sp³-hybridized carbons (Fsp3) is 0.391. The molecule has 2 atom stereocenters. The average Bonchev–Trinajstić information content (AvgIpc) is 2.66. The van der Waals surface area contributed by atoms with Crippen molar-refractivity contribution in [1.29, 1.82) is 0 Å². The van der Waals surface area contributed by atoms with E-state index in [1.807, 2.05) is 6.92 Å². The lowest BCUT2D eigenvalue weighted by atomic mass is 9.93. The van der Waals surface area contributed by atoms with E-state index in [0.717, 1.165) is 0 Å². The minimum Gasteiger partial charge on any atom is -0.366 e. The Balaban J connectivity index is 2.05. The second kappa shape index (κ2) is 9.51. The third-order valence-corrected chi connectivity index (χ3v) is 5.05. The van der Waals surface area contributed by atoms with E-state index in [-0.39, 0.29) is 18.0 Å². The van der Waals surface area contributed by atoms with Crippen LogP contribution in [-0.2, 0) is 4.79 Å². The Morgan fingerprint density at radius 1 is 0.857 bits per heavy atom. The molecular formula is C23H32N3O2+. The SMILES string of the molecule is CC(C)c1ccc([C@H]([NH2+][C@@H](C)C(=O)Nc2ccc(C(N)=O)cc2)C(C)C)cc1. The van der Waals surface area contributed by atoms with Gasteiger partial charge in [0.05, 0.1) is 0 Å². The van der Waals surface area contributed by atoms with Crippen molar-refractivity contribution < 1.29 is 14.9 Å². The molecule has 5 heteroatoms. The molecule has 0 fully saturated rings. The molecule has 0 spiro atoms. The highest BCUT2D eigenvalue weighted by molar-refractivity contribution is 5.95. The molecule has 0 radical (unpaired) electrons. The van der Waals surface area contributed by atoms with E-state index in [0.29, 0.717) is 23.1 Å². The summed E-state index contributed by atoms with van der Waals surface area (Å²) in [6, 6.07) is 15.2. The second-order valence-corrected chi connectivity index (χ2v) is 8.00. The average molecular weight is 383 g/mol. The number of amides is 2. The Kier molecular flexibility index (Phi) is 7.35. The summed E-state index contributed by atoms with van der Waals surface area (Å²) in [5.41, 5.74) is 8.86. The van der Waals surface area contributed by atoms with E-state index in [1.54, 1.807) is 24.3 Å². The van der Waals surface area contributed by atoms with E-state index < -0.39 is 5.91 Å². The highest BCUT2D eigenvalue weighted by Gasteiger charge is 2.26. The van der Waals surface area contributed by atoms with Crippen LogP contribution < -0.4 is 16.4 Å². The van der Waals surface area contributed by atoms with Gasteiger partial charge in [0.2, 0.25) is 5.91 Å². The minimum absolute atomic E-state index is 0.0729. The van der Waals surface area contributed by atoms with Crippen LogP contribution in [0.4, 0.5) is 5.69 Å². The number of nitrogens with two attached hydrogens (primary N) is 2. The number of anilines is 1.